The lowest BCUT2D eigenvalue weighted by atomic mass is 9.87. The van der Waals surface area contributed by atoms with E-state index in [9.17, 15) is 0 Å². The quantitative estimate of drug-likeness (QED) is 0.645. The van der Waals surface area contributed by atoms with Gasteiger partial charge in [0.2, 0.25) is 0 Å². The first kappa shape index (κ1) is 13.3. The first-order valence-corrected chi connectivity index (χ1v) is 6.47. The van der Waals surface area contributed by atoms with Gasteiger partial charge < -0.3 is 10.3 Å². The van der Waals surface area contributed by atoms with E-state index in [1.807, 2.05) is 12.3 Å². The summed E-state index contributed by atoms with van der Waals surface area (Å²) >= 11 is 0. The lowest BCUT2D eigenvalue weighted by Gasteiger charge is -2.25. The molecular formula is C14H26N2. The first-order valence-electron chi connectivity index (χ1n) is 6.47. The minimum Gasteiger partial charge on any atom is -0.364 e. The summed E-state index contributed by atoms with van der Waals surface area (Å²) in [6, 6.07) is 4.17. The van der Waals surface area contributed by atoms with E-state index in [0.717, 1.165) is 13.1 Å². The third kappa shape index (κ3) is 5.36. The van der Waals surface area contributed by atoms with Crippen LogP contribution >= 0.6 is 0 Å². The smallest absolute Gasteiger partial charge is 0.0357 e. The van der Waals surface area contributed by atoms with Gasteiger partial charge >= 0.3 is 0 Å². The minimum absolute atomic E-state index is 0.418. The molecule has 0 amide bonds. The number of aromatic amines is 1. The van der Waals surface area contributed by atoms with Crippen LogP contribution in [0.25, 0.3) is 0 Å². The first-order chi connectivity index (χ1) is 7.64. The Hall–Kier alpha value is -0.760. The van der Waals surface area contributed by atoms with E-state index in [1.54, 1.807) is 0 Å². The summed E-state index contributed by atoms with van der Waals surface area (Å²) < 4.78 is 0. The van der Waals surface area contributed by atoms with Gasteiger partial charge in [0.05, 0.1) is 0 Å². The fraction of sp³-hybridized carbons (Fsp3) is 0.714. The van der Waals surface area contributed by atoms with Crippen molar-refractivity contribution in [3.05, 3.63) is 24.0 Å². The van der Waals surface area contributed by atoms with Crippen LogP contribution < -0.4 is 5.32 Å². The second-order valence-electron chi connectivity index (χ2n) is 5.42. The van der Waals surface area contributed by atoms with Gasteiger partial charge in [-0.25, -0.2) is 0 Å². The van der Waals surface area contributed by atoms with E-state index >= 15 is 0 Å². The molecule has 0 aliphatic rings. The molecule has 1 rings (SSSR count). The molecule has 0 atom stereocenters. The average molecular weight is 222 g/mol. The van der Waals surface area contributed by atoms with E-state index in [2.05, 4.69) is 37.1 Å². The molecule has 0 bridgehead atoms. The van der Waals surface area contributed by atoms with Crippen LogP contribution in [0.3, 0.4) is 0 Å². The van der Waals surface area contributed by atoms with Crippen molar-refractivity contribution in [2.45, 2.75) is 53.0 Å². The van der Waals surface area contributed by atoms with Crippen molar-refractivity contribution in [1.29, 1.82) is 0 Å². The zero-order valence-electron chi connectivity index (χ0n) is 11.0. The second-order valence-corrected chi connectivity index (χ2v) is 5.42. The molecule has 92 valence electrons. The number of hydrogen-bond acceptors (Lipinski definition) is 1. The van der Waals surface area contributed by atoms with Crippen LogP contribution in [0.1, 0.15) is 52.1 Å². The molecule has 0 aliphatic carbocycles. The third-order valence-corrected chi connectivity index (χ3v) is 3.04. The fourth-order valence-electron chi connectivity index (χ4n) is 1.95. The van der Waals surface area contributed by atoms with E-state index in [1.165, 1.54) is 31.4 Å². The summed E-state index contributed by atoms with van der Waals surface area (Å²) in [7, 11) is 0. The SMILES string of the molecule is CCCCCC(C)(C)CNCc1ccc[nH]1. The number of H-pyrrole nitrogens is 1. The molecule has 2 heteroatoms. The molecule has 0 radical (unpaired) electrons. The van der Waals surface area contributed by atoms with Crippen LogP contribution in [0, 0.1) is 5.41 Å². The average Bonchev–Trinajstić information content (AvgIpc) is 2.70. The summed E-state index contributed by atoms with van der Waals surface area (Å²) in [5.74, 6) is 0. The highest BCUT2D eigenvalue weighted by atomic mass is 14.9. The number of nitrogens with one attached hydrogen (secondary N) is 2. The summed E-state index contributed by atoms with van der Waals surface area (Å²) in [5.41, 5.74) is 1.69. The lowest BCUT2D eigenvalue weighted by molar-refractivity contribution is 0.301. The van der Waals surface area contributed by atoms with Gasteiger partial charge in [0.1, 0.15) is 0 Å². The van der Waals surface area contributed by atoms with E-state index < -0.39 is 0 Å². The number of unbranched alkanes of at least 4 members (excludes halogenated alkanes) is 2. The normalized spacial score (nSPS) is 11.9. The highest BCUT2D eigenvalue weighted by Gasteiger charge is 2.16. The summed E-state index contributed by atoms with van der Waals surface area (Å²) in [4.78, 5) is 3.21. The van der Waals surface area contributed by atoms with Gasteiger partial charge in [-0.3, -0.25) is 0 Å². The maximum atomic E-state index is 3.52. The Morgan fingerprint density at radius 2 is 2.12 bits per heavy atom. The highest BCUT2D eigenvalue weighted by Crippen LogP contribution is 2.22. The van der Waals surface area contributed by atoms with Crippen LogP contribution in [0.4, 0.5) is 0 Å². The summed E-state index contributed by atoms with van der Waals surface area (Å²) in [5, 5.41) is 3.52. The van der Waals surface area contributed by atoms with Crippen molar-refractivity contribution in [3.63, 3.8) is 0 Å². The van der Waals surface area contributed by atoms with Gasteiger partial charge in [0, 0.05) is 25.0 Å². The largest absolute Gasteiger partial charge is 0.364 e. The maximum absolute atomic E-state index is 3.52. The molecule has 0 aliphatic heterocycles. The fourth-order valence-corrected chi connectivity index (χ4v) is 1.95. The van der Waals surface area contributed by atoms with Gasteiger partial charge in [-0.1, -0.05) is 40.0 Å². The molecule has 16 heavy (non-hydrogen) atoms. The second kappa shape index (κ2) is 6.74. The van der Waals surface area contributed by atoms with Crippen molar-refractivity contribution in [1.82, 2.24) is 10.3 Å². The Morgan fingerprint density at radius 3 is 2.75 bits per heavy atom. The number of hydrogen-bond donors (Lipinski definition) is 2. The molecule has 0 aromatic carbocycles. The van der Waals surface area contributed by atoms with Gasteiger partial charge in [-0.05, 0) is 24.0 Å². The molecule has 0 saturated carbocycles. The Morgan fingerprint density at radius 1 is 1.31 bits per heavy atom. The van der Waals surface area contributed by atoms with E-state index in [0.29, 0.717) is 5.41 Å². The monoisotopic (exact) mass is 222 g/mol. The van der Waals surface area contributed by atoms with Gasteiger partial charge in [0.15, 0.2) is 0 Å². The molecule has 1 aromatic heterocycles. The summed E-state index contributed by atoms with van der Waals surface area (Å²) in [6.07, 6.45) is 7.32. The molecule has 1 heterocycles. The van der Waals surface area contributed by atoms with E-state index in [-0.39, 0.29) is 0 Å². The van der Waals surface area contributed by atoms with Crippen LogP contribution in [0.5, 0.6) is 0 Å². The van der Waals surface area contributed by atoms with Crippen molar-refractivity contribution < 1.29 is 0 Å². The van der Waals surface area contributed by atoms with Crippen molar-refractivity contribution >= 4 is 0 Å². The topological polar surface area (TPSA) is 27.8 Å². The zero-order chi connectivity index (χ0) is 11.9. The number of rotatable bonds is 8. The van der Waals surface area contributed by atoms with Crippen LogP contribution in [-0.2, 0) is 6.54 Å². The predicted octanol–water partition coefficient (Wildman–Crippen LogP) is 3.71. The standard InChI is InChI=1S/C14H26N2/c1-4-5-6-9-14(2,3)12-15-11-13-8-7-10-16-13/h7-8,10,15-16H,4-6,9,11-12H2,1-3H3. The van der Waals surface area contributed by atoms with Crippen molar-refractivity contribution in [3.8, 4) is 0 Å². The van der Waals surface area contributed by atoms with Crippen LogP contribution in [0.2, 0.25) is 0 Å². The van der Waals surface area contributed by atoms with Gasteiger partial charge in [-0.15, -0.1) is 0 Å². The van der Waals surface area contributed by atoms with Crippen LogP contribution in [0.15, 0.2) is 18.3 Å². The molecule has 2 nitrogen and oxygen atoms in total. The Kier molecular flexibility index (Phi) is 5.61. The Balaban J connectivity index is 2.14. The summed E-state index contributed by atoms with van der Waals surface area (Å²) in [6.45, 7) is 9.01. The van der Waals surface area contributed by atoms with Gasteiger partial charge in [-0.2, -0.15) is 0 Å². The molecule has 0 spiro atoms. The van der Waals surface area contributed by atoms with Gasteiger partial charge in [0.25, 0.3) is 0 Å². The minimum atomic E-state index is 0.418. The molecular weight excluding hydrogens is 196 g/mol. The van der Waals surface area contributed by atoms with Crippen LogP contribution in [-0.4, -0.2) is 11.5 Å². The molecule has 0 unspecified atom stereocenters. The van der Waals surface area contributed by atoms with E-state index in [4.69, 9.17) is 0 Å². The number of aromatic nitrogens is 1. The third-order valence-electron chi connectivity index (χ3n) is 3.04. The zero-order valence-corrected chi connectivity index (χ0v) is 11.0. The maximum Gasteiger partial charge on any atom is 0.0357 e. The Bertz CT molecular complexity index is 262. The van der Waals surface area contributed by atoms with Crippen molar-refractivity contribution in [2.75, 3.05) is 6.54 Å². The molecule has 2 N–H and O–H groups in total. The predicted molar refractivity (Wildman–Crippen MR) is 70.4 cm³/mol. The molecule has 1 aromatic rings. The molecule has 0 fully saturated rings. The lowest BCUT2D eigenvalue weighted by Crippen LogP contribution is -2.29. The van der Waals surface area contributed by atoms with Crippen molar-refractivity contribution in [2.24, 2.45) is 5.41 Å². The Labute approximate surface area is 99.8 Å². The highest BCUT2D eigenvalue weighted by molar-refractivity contribution is 5.02. The molecule has 0 saturated heterocycles.